The molecule has 0 saturated heterocycles. The van der Waals surface area contributed by atoms with E-state index in [2.05, 4.69) is 49.3 Å². The van der Waals surface area contributed by atoms with E-state index >= 15 is 0 Å². The third-order valence-corrected chi connectivity index (χ3v) is 11.2. The average Bonchev–Trinajstić information content (AvgIpc) is 3.14. The molecule has 9 heteroatoms. The lowest BCUT2D eigenvalue weighted by Crippen LogP contribution is -2.41. The number of anilines is 1. The van der Waals surface area contributed by atoms with Gasteiger partial charge in [-0.05, 0) is 48.8 Å². The van der Waals surface area contributed by atoms with Crippen LogP contribution in [0.4, 0.5) is 5.69 Å². The highest BCUT2D eigenvalue weighted by Crippen LogP contribution is 2.36. The summed E-state index contributed by atoms with van der Waals surface area (Å²) < 4.78 is 7.93. The lowest BCUT2D eigenvalue weighted by atomic mass is 10.1. The molecule has 2 aromatic heterocycles. The molecule has 7 nitrogen and oxygen atoms in total. The summed E-state index contributed by atoms with van der Waals surface area (Å²) in [5, 5.41) is 8.58. The molecule has 0 aliphatic carbocycles. The number of nitrogens with one attached hydrogen (secondary N) is 1. The van der Waals surface area contributed by atoms with E-state index in [4.69, 9.17) is 10.2 Å². The molecule has 2 heterocycles. The highest BCUT2D eigenvalue weighted by atomic mass is 32.2. The molecule has 0 atom stereocenters. The highest BCUT2D eigenvalue weighted by Gasteiger charge is 2.36. The van der Waals surface area contributed by atoms with Crippen LogP contribution in [0.2, 0.25) is 18.1 Å². The SMILES string of the molecule is CC(C)(C)[Si](C)(C)OCCCNC(=O)CSc1ccc2ncc(-c3cccc(N)c3)n2n1. The zero-order chi connectivity index (χ0) is 23.4. The first-order valence-corrected chi connectivity index (χ1v) is 14.7. The average molecular weight is 472 g/mol. The summed E-state index contributed by atoms with van der Waals surface area (Å²) in [6.45, 7) is 12.5. The second-order valence-corrected chi connectivity index (χ2v) is 15.1. The van der Waals surface area contributed by atoms with E-state index in [9.17, 15) is 4.79 Å². The number of hydrogen-bond acceptors (Lipinski definition) is 6. The first kappa shape index (κ1) is 24.3. The van der Waals surface area contributed by atoms with Crippen molar-refractivity contribution in [3.63, 3.8) is 0 Å². The normalized spacial score (nSPS) is 12.3. The summed E-state index contributed by atoms with van der Waals surface area (Å²) in [6.07, 6.45) is 2.59. The van der Waals surface area contributed by atoms with Crippen LogP contribution in [0.5, 0.6) is 0 Å². The van der Waals surface area contributed by atoms with Gasteiger partial charge in [-0.3, -0.25) is 4.79 Å². The molecule has 3 rings (SSSR count). The minimum atomic E-state index is -1.73. The van der Waals surface area contributed by atoms with Gasteiger partial charge >= 0.3 is 0 Å². The monoisotopic (exact) mass is 471 g/mol. The van der Waals surface area contributed by atoms with E-state index in [0.29, 0.717) is 24.6 Å². The van der Waals surface area contributed by atoms with Crippen LogP contribution in [0.3, 0.4) is 0 Å². The Balaban J connectivity index is 1.50. The van der Waals surface area contributed by atoms with Crippen LogP contribution in [0, 0.1) is 0 Å². The number of hydrogen-bond donors (Lipinski definition) is 2. The minimum absolute atomic E-state index is 0.00842. The fourth-order valence-corrected chi connectivity index (χ4v) is 4.63. The third kappa shape index (κ3) is 6.11. The minimum Gasteiger partial charge on any atom is -0.417 e. The summed E-state index contributed by atoms with van der Waals surface area (Å²) in [5.41, 5.74) is 9.16. The number of thioether (sulfide) groups is 1. The standard InChI is InChI=1S/C23H33N5O2SSi/c1-23(2,3)32(4,5)30-13-7-12-25-21(29)16-31-22-11-10-20-26-15-19(28(20)27-22)17-8-6-9-18(24)14-17/h6,8-11,14-15H,7,12-13,16,24H2,1-5H3,(H,25,29). The fourth-order valence-electron chi connectivity index (χ4n) is 2.86. The second-order valence-electron chi connectivity index (χ2n) is 9.31. The highest BCUT2D eigenvalue weighted by molar-refractivity contribution is 7.99. The summed E-state index contributed by atoms with van der Waals surface area (Å²) >= 11 is 1.40. The molecule has 1 aromatic carbocycles. The zero-order valence-electron chi connectivity index (χ0n) is 19.5. The second kappa shape index (κ2) is 10.1. The summed E-state index contributed by atoms with van der Waals surface area (Å²) in [5.74, 6) is 0.301. The van der Waals surface area contributed by atoms with Crippen molar-refractivity contribution in [3.8, 4) is 11.3 Å². The largest absolute Gasteiger partial charge is 0.417 e. The molecule has 0 aliphatic heterocycles. The van der Waals surface area contributed by atoms with Gasteiger partial charge in [0, 0.05) is 24.4 Å². The Morgan fingerprint density at radius 3 is 2.75 bits per heavy atom. The lowest BCUT2D eigenvalue weighted by molar-refractivity contribution is -0.118. The maximum atomic E-state index is 12.3. The fraction of sp³-hybridized carbons (Fsp3) is 0.435. The molecule has 32 heavy (non-hydrogen) atoms. The van der Waals surface area contributed by atoms with Crippen molar-refractivity contribution >= 4 is 37.3 Å². The maximum absolute atomic E-state index is 12.3. The van der Waals surface area contributed by atoms with Crippen LogP contribution in [-0.4, -0.2) is 47.7 Å². The van der Waals surface area contributed by atoms with Gasteiger partial charge in [-0.25, -0.2) is 9.50 Å². The van der Waals surface area contributed by atoms with E-state index in [-0.39, 0.29) is 10.9 Å². The number of aromatic nitrogens is 3. The number of fused-ring (bicyclic) bond motifs is 1. The van der Waals surface area contributed by atoms with Gasteiger partial charge < -0.3 is 15.5 Å². The summed E-state index contributed by atoms with van der Waals surface area (Å²) in [4.78, 5) is 16.7. The van der Waals surface area contributed by atoms with E-state index in [1.807, 2.05) is 36.4 Å². The van der Waals surface area contributed by atoms with E-state index in [1.54, 1.807) is 10.7 Å². The molecule has 0 saturated carbocycles. The first-order chi connectivity index (χ1) is 15.1. The van der Waals surface area contributed by atoms with Crippen molar-refractivity contribution in [3.05, 3.63) is 42.6 Å². The van der Waals surface area contributed by atoms with Crippen LogP contribution in [0.25, 0.3) is 16.9 Å². The Bertz CT molecular complexity index is 1080. The van der Waals surface area contributed by atoms with Crippen LogP contribution in [0.15, 0.2) is 47.6 Å². The molecular formula is C23H33N5O2SSi. The Morgan fingerprint density at radius 1 is 1.25 bits per heavy atom. The molecule has 0 radical (unpaired) electrons. The molecular weight excluding hydrogens is 438 g/mol. The van der Waals surface area contributed by atoms with Crippen molar-refractivity contribution in [1.29, 1.82) is 0 Å². The van der Waals surface area contributed by atoms with Crippen molar-refractivity contribution in [1.82, 2.24) is 19.9 Å². The smallest absolute Gasteiger partial charge is 0.230 e. The van der Waals surface area contributed by atoms with Gasteiger partial charge in [0.2, 0.25) is 5.91 Å². The van der Waals surface area contributed by atoms with E-state index in [1.165, 1.54) is 11.8 Å². The number of rotatable bonds is 9. The van der Waals surface area contributed by atoms with Crippen molar-refractivity contribution < 1.29 is 9.22 Å². The van der Waals surface area contributed by atoms with E-state index in [0.717, 1.165) is 28.4 Å². The number of imidazole rings is 1. The van der Waals surface area contributed by atoms with Crippen LogP contribution >= 0.6 is 11.8 Å². The van der Waals surface area contributed by atoms with Crippen molar-refractivity contribution in [2.75, 3.05) is 24.6 Å². The van der Waals surface area contributed by atoms with Crippen LogP contribution in [-0.2, 0) is 9.22 Å². The molecule has 0 unspecified atom stereocenters. The van der Waals surface area contributed by atoms with E-state index < -0.39 is 8.32 Å². The quantitative estimate of drug-likeness (QED) is 0.205. The zero-order valence-corrected chi connectivity index (χ0v) is 21.3. The molecule has 0 fully saturated rings. The number of nitrogen functional groups attached to an aromatic ring is 1. The van der Waals surface area contributed by atoms with Gasteiger partial charge in [-0.1, -0.05) is 44.7 Å². The molecule has 0 bridgehead atoms. The van der Waals surface area contributed by atoms with Crippen LogP contribution < -0.4 is 11.1 Å². The summed E-state index contributed by atoms with van der Waals surface area (Å²) in [7, 11) is -1.73. The van der Waals surface area contributed by atoms with Gasteiger partial charge in [0.15, 0.2) is 14.0 Å². The third-order valence-electron chi connectivity index (χ3n) is 5.78. The summed E-state index contributed by atoms with van der Waals surface area (Å²) in [6, 6.07) is 11.4. The molecule has 172 valence electrons. The maximum Gasteiger partial charge on any atom is 0.230 e. The number of nitrogens with two attached hydrogens (primary N) is 1. The van der Waals surface area contributed by atoms with Gasteiger partial charge in [0.05, 0.1) is 17.6 Å². The molecule has 3 N–H and O–H groups in total. The Morgan fingerprint density at radius 2 is 2.03 bits per heavy atom. The number of nitrogens with zero attached hydrogens (tertiary/aromatic N) is 3. The predicted octanol–water partition coefficient (Wildman–Crippen LogP) is 4.60. The van der Waals surface area contributed by atoms with Gasteiger partial charge in [0.25, 0.3) is 0 Å². The number of carbonyl (C=O) groups is 1. The van der Waals surface area contributed by atoms with Crippen LogP contribution in [0.1, 0.15) is 27.2 Å². The number of benzene rings is 1. The lowest BCUT2D eigenvalue weighted by Gasteiger charge is -2.36. The first-order valence-electron chi connectivity index (χ1n) is 10.8. The molecule has 1 amide bonds. The van der Waals surface area contributed by atoms with Gasteiger partial charge in [-0.2, -0.15) is 5.10 Å². The van der Waals surface area contributed by atoms with Gasteiger partial charge in [-0.15, -0.1) is 0 Å². The topological polar surface area (TPSA) is 94.5 Å². The Labute approximate surface area is 195 Å². The number of amides is 1. The van der Waals surface area contributed by atoms with Gasteiger partial charge in [0.1, 0.15) is 5.03 Å². The Kier molecular flexibility index (Phi) is 7.63. The molecule has 0 aliphatic rings. The van der Waals surface area contributed by atoms with Crippen molar-refractivity contribution in [2.24, 2.45) is 0 Å². The Hall–Kier alpha value is -2.36. The number of carbonyl (C=O) groups excluding carboxylic acids is 1. The predicted molar refractivity (Wildman–Crippen MR) is 134 cm³/mol. The van der Waals surface area contributed by atoms with Crippen molar-refractivity contribution in [2.45, 2.75) is 50.4 Å². The molecule has 3 aromatic rings. The molecule has 0 spiro atoms.